The first-order chi connectivity index (χ1) is 12.8. The van der Waals surface area contributed by atoms with Gasteiger partial charge in [-0.25, -0.2) is 18.0 Å². The molecule has 0 bridgehead atoms. The van der Waals surface area contributed by atoms with Crippen LogP contribution in [0.3, 0.4) is 0 Å². The number of carbonyl (C=O) groups excluding carboxylic acids is 3. The second-order valence-corrected chi connectivity index (χ2v) is 9.26. The maximum Gasteiger partial charge on any atom is 0.408 e. The molecule has 0 saturated carbocycles. The van der Waals surface area contributed by atoms with Crippen molar-refractivity contribution in [1.82, 2.24) is 5.32 Å². The quantitative estimate of drug-likeness (QED) is 0.278. The summed E-state index contributed by atoms with van der Waals surface area (Å²) in [6, 6.07) is -1.18. The molecule has 0 saturated heterocycles. The van der Waals surface area contributed by atoms with Gasteiger partial charge >= 0.3 is 18.0 Å². The van der Waals surface area contributed by atoms with Crippen LogP contribution in [0.15, 0.2) is 12.3 Å². The van der Waals surface area contributed by atoms with Gasteiger partial charge in [-0.1, -0.05) is 6.58 Å². The topological polar surface area (TPSA) is 145 Å². The predicted molar refractivity (Wildman–Crippen MR) is 100.0 cm³/mol. The highest BCUT2D eigenvalue weighted by Crippen LogP contribution is 2.09. The lowest BCUT2D eigenvalue weighted by molar-refractivity contribution is -0.144. The number of amides is 1. The Kier molecular flexibility index (Phi) is 10.8. The number of hydrogen-bond acceptors (Lipinski definition) is 9. The summed E-state index contributed by atoms with van der Waals surface area (Å²) in [6.07, 6.45) is -1.28. The van der Waals surface area contributed by atoms with E-state index in [1.54, 1.807) is 20.8 Å². The molecule has 0 aliphatic rings. The Morgan fingerprint density at radius 3 is 2.29 bits per heavy atom. The average molecular weight is 423 g/mol. The van der Waals surface area contributed by atoms with Crippen molar-refractivity contribution in [3.8, 4) is 0 Å². The Hall–Kier alpha value is -2.14. The monoisotopic (exact) mass is 423 g/mol. The summed E-state index contributed by atoms with van der Waals surface area (Å²) in [5, 5.41) is 11.0. The molecule has 0 aliphatic carbocycles. The van der Waals surface area contributed by atoms with Gasteiger partial charge in [0.15, 0.2) is 9.84 Å². The van der Waals surface area contributed by atoms with Crippen molar-refractivity contribution < 1.29 is 42.1 Å². The molecule has 10 nitrogen and oxygen atoms in total. The molecule has 0 aromatic rings. The lowest BCUT2D eigenvalue weighted by Gasteiger charge is -2.22. The third-order valence-corrected chi connectivity index (χ3v) is 4.54. The van der Waals surface area contributed by atoms with Gasteiger partial charge in [-0.2, -0.15) is 0 Å². The molecule has 11 heteroatoms. The van der Waals surface area contributed by atoms with E-state index in [4.69, 9.17) is 19.3 Å². The van der Waals surface area contributed by atoms with Gasteiger partial charge in [0.1, 0.15) is 18.2 Å². The van der Waals surface area contributed by atoms with Crippen molar-refractivity contribution in [2.45, 2.75) is 52.2 Å². The molecule has 0 aromatic carbocycles. The SMILES string of the molecule is C=C(C)OC(=O)[C@H](CCC(=O)OCCS(=O)(=O)CCO)NC(=O)OC(C)(C)C. The number of esters is 2. The number of hydrogen-bond donors (Lipinski definition) is 2. The Morgan fingerprint density at radius 1 is 1.18 bits per heavy atom. The number of carbonyl (C=O) groups is 3. The largest absolute Gasteiger partial charge is 0.465 e. The number of ether oxygens (including phenoxy) is 3. The molecule has 0 aromatic heterocycles. The van der Waals surface area contributed by atoms with Crippen LogP contribution in [0.2, 0.25) is 0 Å². The third kappa shape index (κ3) is 13.1. The lowest BCUT2D eigenvalue weighted by atomic mass is 10.1. The molecule has 0 aliphatic heterocycles. The maximum atomic E-state index is 12.1. The van der Waals surface area contributed by atoms with Gasteiger partial charge in [0.2, 0.25) is 0 Å². The zero-order valence-electron chi connectivity index (χ0n) is 16.6. The summed E-state index contributed by atoms with van der Waals surface area (Å²) in [6.45, 7) is 8.94. The van der Waals surface area contributed by atoms with Gasteiger partial charge in [-0.15, -0.1) is 0 Å². The van der Waals surface area contributed by atoms with E-state index in [1.807, 2.05) is 0 Å². The van der Waals surface area contributed by atoms with Crippen molar-refractivity contribution in [2.75, 3.05) is 24.7 Å². The molecule has 28 heavy (non-hydrogen) atoms. The molecular weight excluding hydrogens is 394 g/mol. The smallest absolute Gasteiger partial charge is 0.408 e. The molecule has 0 spiro atoms. The number of nitrogens with one attached hydrogen (secondary N) is 1. The fourth-order valence-corrected chi connectivity index (χ4v) is 2.62. The van der Waals surface area contributed by atoms with E-state index in [9.17, 15) is 22.8 Å². The summed E-state index contributed by atoms with van der Waals surface area (Å²) >= 11 is 0. The number of aliphatic hydroxyl groups excluding tert-OH is 1. The van der Waals surface area contributed by atoms with Crippen LogP contribution in [0.25, 0.3) is 0 Å². The standard InChI is InChI=1S/C17H29NO9S/c1-12(2)26-15(21)13(18-16(22)27-17(3,4)5)6-7-14(20)25-9-11-28(23,24)10-8-19/h13,19H,1,6-11H2,2-5H3,(H,18,22)/t13-/m0/s1. The predicted octanol–water partition coefficient (Wildman–Crippen LogP) is 0.687. The summed E-state index contributed by atoms with van der Waals surface area (Å²) < 4.78 is 37.6. The van der Waals surface area contributed by atoms with E-state index >= 15 is 0 Å². The van der Waals surface area contributed by atoms with E-state index in [-0.39, 0.29) is 25.2 Å². The Labute approximate surface area is 165 Å². The van der Waals surface area contributed by atoms with Gasteiger partial charge in [-0.05, 0) is 34.1 Å². The van der Waals surface area contributed by atoms with Crippen molar-refractivity contribution in [1.29, 1.82) is 0 Å². The van der Waals surface area contributed by atoms with Gasteiger partial charge in [-0.3, -0.25) is 4.79 Å². The van der Waals surface area contributed by atoms with E-state index in [1.165, 1.54) is 6.92 Å². The number of alkyl carbamates (subject to hydrolysis) is 1. The number of rotatable bonds is 11. The van der Waals surface area contributed by atoms with E-state index < -0.39 is 57.6 Å². The molecule has 1 atom stereocenters. The first kappa shape index (κ1) is 25.9. The lowest BCUT2D eigenvalue weighted by Crippen LogP contribution is -2.44. The van der Waals surface area contributed by atoms with Crippen LogP contribution in [0.5, 0.6) is 0 Å². The van der Waals surface area contributed by atoms with E-state index in [2.05, 4.69) is 11.9 Å². The van der Waals surface area contributed by atoms with Gasteiger partial charge in [0, 0.05) is 6.42 Å². The number of allylic oxidation sites excluding steroid dienone is 1. The Balaban J connectivity index is 4.69. The molecule has 0 radical (unpaired) electrons. The highest BCUT2D eigenvalue weighted by Gasteiger charge is 2.26. The number of aliphatic hydroxyl groups is 1. The maximum absolute atomic E-state index is 12.1. The van der Waals surface area contributed by atoms with Crippen LogP contribution in [0, 0.1) is 0 Å². The van der Waals surface area contributed by atoms with Crippen molar-refractivity contribution in [3.63, 3.8) is 0 Å². The van der Waals surface area contributed by atoms with Crippen LogP contribution in [0.4, 0.5) is 4.79 Å². The summed E-state index contributed by atoms with van der Waals surface area (Å²) in [7, 11) is -3.50. The molecule has 0 fully saturated rings. The summed E-state index contributed by atoms with van der Waals surface area (Å²) in [5.41, 5.74) is -0.786. The van der Waals surface area contributed by atoms with E-state index in [0.717, 1.165) is 0 Å². The zero-order valence-corrected chi connectivity index (χ0v) is 17.5. The van der Waals surface area contributed by atoms with Crippen LogP contribution in [0.1, 0.15) is 40.5 Å². The fourth-order valence-electron chi connectivity index (χ4n) is 1.80. The fraction of sp³-hybridized carbons (Fsp3) is 0.706. The highest BCUT2D eigenvalue weighted by atomic mass is 32.2. The van der Waals surface area contributed by atoms with Crippen molar-refractivity contribution >= 4 is 27.9 Å². The first-order valence-corrected chi connectivity index (χ1v) is 10.4. The Bertz CT molecular complexity index is 665. The minimum atomic E-state index is -3.50. The second kappa shape index (κ2) is 11.6. The van der Waals surface area contributed by atoms with Crippen molar-refractivity contribution in [2.24, 2.45) is 0 Å². The number of sulfone groups is 1. The highest BCUT2D eigenvalue weighted by molar-refractivity contribution is 7.91. The van der Waals surface area contributed by atoms with Crippen LogP contribution >= 0.6 is 0 Å². The third-order valence-electron chi connectivity index (χ3n) is 2.95. The Morgan fingerprint density at radius 2 is 1.79 bits per heavy atom. The second-order valence-electron chi connectivity index (χ2n) is 6.96. The zero-order chi connectivity index (χ0) is 22.0. The molecule has 0 heterocycles. The normalized spacial score (nSPS) is 12.6. The molecule has 1 amide bonds. The minimum Gasteiger partial charge on any atom is -0.465 e. The van der Waals surface area contributed by atoms with Crippen LogP contribution in [-0.2, 0) is 33.6 Å². The summed E-state index contributed by atoms with van der Waals surface area (Å²) in [4.78, 5) is 35.7. The molecule has 162 valence electrons. The van der Waals surface area contributed by atoms with Gasteiger partial charge in [0.05, 0.1) is 23.9 Å². The van der Waals surface area contributed by atoms with Crippen LogP contribution in [-0.4, -0.2) is 67.9 Å². The van der Waals surface area contributed by atoms with Crippen molar-refractivity contribution in [3.05, 3.63) is 12.3 Å². The average Bonchev–Trinajstić information content (AvgIpc) is 2.48. The van der Waals surface area contributed by atoms with Gasteiger partial charge < -0.3 is 24.6 Å². The van der Waals surface area contributed by atoms with Gasteiger partial charge in [0.25, 0.3) is 0 Å². The minimum absolute atomic E-state index is 0.109. The molecule has 2 N–H and O–H groups in total. The summed E-state index contributed by atoms with van der Waals surface area (Å²) in [5.74, 6) is -2.30. The molecule has 0 unspecified atom stereocenters. The molecule has 0 rings (SSSR count). The first-order valence-electron chi connectivity index (χ1n) is 8.59. The van der Waals surface area contributed by atoms with Crippen LogP contribution < -0.4 is 5.32 Å². The molecular formula is C17H29NO9S. The van der Waals surface area contributed by atoms with E-state index in [0.29, 0.717) is 0 Å².